The number of hydrogen-bond acceptors (Lipinski definition) is 6. The molecule has 0 saturated heterocycles. The van der Waals surface area contributed by atoms with Crippen LogP contribution in [0.3, 0.4) is 0 Å². The summed E-state index contributed by atoms with van der Waals surface area (Å²) in [6.07, 6.45) is 1.65. The largest absolute Gasteiger partial charge is 0.497 e. The number of ether oxygens (including phenoxy) is 2. The molecule has 0 aliphatic heterocycles. The summed E-state index contributed by atoms with van der Waals surface area (Å²) in [4.78, 5) is 6.31. The molecule has 0 spiro atoms. The second-order valence-corrected chi connectivity index (χ2v) is 6.85. The van der Waals surface area contributed by atoms with E-state index in [1.165, 1.54) is 20.3 Å². The minimum atomic E-state index is -3.86. The lowest BCUT2D eigenvalue weighted by Gasteiger charge is -2.20. The summed E-state index contributed by atoms with van der Waals surface area (Å²) in [6, 6.07) is 8.06. The Kier molecular flexibility index (Phi) is 6.08. The van der Waals surface area contributed by atoms with Crippen LogP contribution in [0.2, 0.25) is 0 Å². The summed E-state index contributed by atoms with van der Waals surface area (Å²) < 4.78 is 38.1. The number of aromatic nitrogens is 1. The van der Waals surface area contributed by atoms with Crippen LogP contribution in [-0.2, 0) is 10.0 Å². The maximum Gasteiger partial charge on any atom is 0.266 e. The smallest absolute Gasteiger partial charge is 0.266 e. The second-order valence-electron chi connectivity index (χ2n) is 5.20. The van der Waals surface area contributed by atoms with Gasteiger partial charge in [-0.05, 0) is 38.1 Å². The van der Waals surface area contributed by atoms with Crippen molar-refractivity contribution in [2.24, 2.45) is 0 Å². The van der Waals surface area contributed by atoms with Crippen molar-refractivity contribution in [1.82, 2.24) is 4.98 Å². The summed E-state index contributed by atoms with van der Waals surface area (Å²) in [6.45, 7) is 5.80. The Balaban J connectivity index is 2.30. The molecule has 0 radical (unpaired) electrons. The highest BCUT2D eigenvalue weighted by atomic mass is 32.2. The van der Waals surface area contributed by atoms with Gasteiger partial charge in [-0.1, -0.05) is 0 Å². The summed E-state index contributed by atoms with van der Waals surface area (Å²) in [7, 11) is -0.978. The van der Waals surface area contributed by atoms with Gasteiger partial charge in [0.05, 0.1) is 26.1 Å². The van der Waals surface area contributed by atoms with Crippen molar-refractivity contribution in [3.63, 3.8) is 0 Å². The van der Waals surface area contributed by atoms with Crippen LogP contribution in [-0.4, -0.2) is 40.7 Å². The first kappa shape index (κ1) is 18.9. The van der Waals surface area contributed by atoms with Crippen molar-refractivity contribution in [3.05, 3.63) is 36.5 Å². The summed E-state index contributed by atoms with van der Waals surface area (Å²) in [5, 5.41) is 0. The van der Waals surface area contributed by atoms with Gasteiger partial charge >= 0.3 is 0 Å². The second kappa shape index (κ2) is 8.06. The van der Waals surface area contributed by atoms with Crippen molar-refractivity contribution in [2.45, 2.75) is 18.7 Å². The molecule has 1 N–H and O–H groups in total. The monoisotopic (exact) mass is 365 g/mol. The van der Waals surface area contributed by atoms with Crippen LogP contribution in [0.5, 0.6) is 11.5 Å². The van der Waals surface area contributed by atoms with Gasteiger partial charge < -0.3 is 14.4 Å². The lowest BCUT2D eigenvalue weighted by Crippen LogP contribution is -2.22. The standard InChI is InChI=1S/C17H23N3O4S/c1-5-20(6-2)13-7-10-17(18-12-13)19-25(21,22)16-11-14(23-3)8-9-15(16)24-4/h7-12H,5-6H2,1-4H3,(H,18,19). The Labute approximate surface area is 148 Å². The van der Waals surface area contributed by atoms with Crippen molar-refractivity contribution in [3.8, 4) is 11.5 Å². The van der Waals surface area contributed by atoms with Gasteiger partial charge in [-0.15, -0.1) is 0 Å². The number of rotatable bonds is 8. The van der Waals surface area contributed by atoms with E-state index in [0.29, 0.717) is 5.75 Å². The number of nitrogens with zero attached hydrogens (tertiary/aromatic N) is 2. The number of nitrogens with one attached hydrogen (secondary N) is 1. The van der Waals surface area contributed by atoms with Gasteiger partial charge in [-0.2, -0.15) is 0 Å². The molecule has 0 aliphatic carbocycles. The van der Waals surface area contributed by atoms with Gasteiger partial charge in [0.25, 0.3) is 10.0 Å². The molecule has 1 heterocycles. The number of benzene rings is 1. The van der Waals surface area contributed by atoms with Gasteiger partial charge in [0.2, 0.25) is 0 Å². The van der Waals surface area contributed by atoms with E-state index in [4.69, 9.17) is 9.47 Å². The van der Waals surface area contributed by atoms with Crippen molar-refractivity contribution in [1.29, 1.82) is 0 Å². The molecule has 1 aromatic carbocycles. The number of methoxy groups -OCH3 is 2. The number of anilines is 2. The van der Waals surface area contributed by atoms with Crippen LogP contribution in [0.15, 0.2) is 41.4 Å². The molecule has 0 amide bonds. The van der Waals surface area contributed by atoms with E-state index >= 15 is 0 Å². The predicted octanol–water partition coefficient (Wildman–Crippen LogP) is 2.75. The van der Waals surface area contributed by atoms with E-state index in [1.807, 2.05) is 6.07 Å². The summed E-state index contributed by atoms with van der Waals surface area (Å²) >= 11 is 0. The Morgan fingerprint density at radius 2 is 1.80 bits per heavy atom. The first-order valence-corrected chi connectivity index (χ1v) is 9.39. The molecule has 8 heteroatoms. The number of pyridine rings is 1. The van der Waals surface area contributed by atoms with Crippen molar-refractivity contribution in [2.75, 3.05) is 36.9 Å². The third-order valence-electron chi connectivity index (χ3n) is 3.78. The van der Waals surface area contributed by atoms with Crippen molar-refractivity contribution >= 4 is 21.5 Å². The molecule has 0 saturated carbocycles. The van der Waals surface area contributed by atoms with Crippen LogP contribution >= 0.6 is 0 Å². The predicted molar refractivity (Wildman–Crippen MR) is 98.2 cm³/mol. The van der Waals surface area contributed by atoms with Crippen LogP contribution in [0, 0.1) is 0 Å². The quantitative estimate of drug-likeness (QED) is 0.775. The van der Waals surface area contributed by atoms with E-state index < -0.39 is 10.0 Å². The molecule has 0 atom stereocenters. The maximum absolute atomic E-state index is 12.7. The van der Waals surface area contributed by atoms with E-state index in [-0.39, 0.29) is 16.5 Å². The van der Waals surface area contributed by atoms with Crippen LogP contribution in [0.1, 0.15) is 13.8 Å². The van der Waals surface area contributed by atoms with Gasteiger partial charge in [-0.3, -0.25) is 4.72 Å². The van der Waals surface area contributed by atoms with E-state index in [0.717, 1.165) is 18.8 Å². The molecule has 0 bridgehead atoms. The third-order valence-corrected chi connectivity index (χ3v) is 5.15. The van der Waals surface area contributed by atoms with Gasteiger partial charge in [0, 0.05) is 19.2 Å². The van der Waals surface area contributed by atoms with Crippen molar-refractivity contribution < 1.29 is 17.9 Å². The van der Waals surface area contributed by atoms with Gasteiger partial charge in [0.15, 0.2) is 0 Å². The van der Waals surface area contributed by atoms with Gasteiger partial charge in [0.1, 0.15) is 22.2 Å². The van der Waals surface area contributed by atoms with E-state index in [1.54, 1.807) is 24.4 Å². The molecule has 25 heavy (non-hydrogen) atoms. The highest BCUT2D eigenvalue weighted by Gasteiger charge is 2.21. The molecule has 7 nitrogen and oxygen atoms in total. The number of sulfonamides is 1. The fraction of sp³-hybridized carbons (Fsp3) is 0.353. The Hall–Kier alpha value is -2.48. The van der Waals surface area contributed by atoms with Crippen LogP contribution in [0.4, 0.5) is 11.5 Å². The molecule has 2 aromatic rings. The minimum Gasteiger partial charge on any atom is -0.497 e. The van der Waals surface area contributed by atoms with E-state index in [9.17, 15) is 8.42 Å². The van der Waals surface area contributed by atoms with E-state index in [2.05, 4.69) is 28.5 Å². The zero-order chi connectivity index (χ0) is 18.4. The molecular formula is C17H23N3O4S. The first-order chi connectivity index (χ1) is 11.9. The summed E-state index contributed by atoms with van der Waals surface area (Å²) in [5.41, 5.74) is 0.937. The Morgan fingerprint density at radius 3 is 2.32 bits per heavy atom. The summed E-state index contributed by atoms with van der Waals surface area (Å²) in [5.74, 6) is 0.889. The molecule has 0 aliphatic rings. The fourth-order valence-electron chi connectivity index (χ4n) is 2.41. The maximum atomic E-state index is 12.7. The zero-order valence-electron chi connectivity index (χ0n) is 14.8. The lowest BCUT2D eigenvalue weighted by atomic mass is 10.3. The SMILES string of the molecule is CCN(CC)c1ccc(NS(=O)(=O)c2cc(OC)ccc2OC)nc1. The average Bonchev–Trinajstić information content (AvgIpc) is 2.63. The minimum absolute atomic E-state index is 0.0102. The highest BCUT2D eigenvalue weighted by Crippen LogP contribution is 2.29. The average molecular weight is 365 g/mol. The third kappa shape index (κ3) is 4.33. The molecule has 0 unspecified atom stereocenters. The molecule has 1 aromatic heterocycles. The highest BCUT2D eigenvalue weighted by molar-refractivity contribution is 7.92. The molecule has 136 valence electrons. The Morgan fingerprint density at radius 1 is 1.08 bits per heavy atom. The lowest BCUT2D eigenvalue weighted by molar-refractivity contribution is 0.392. The number of hydrogen-bond donors (Lipinski definition) is 1. The molecule has 0 fully saturated rings. The Bertz CT molecular complexity index is 803. The fourth-order valence-corrected chi connectivity index (χ4v) is 3.60. The van der Waals surface area contributed by atoms with Gasteiger partial charge in [-0.25, -0.2) is 13.4 Å². The van der Waals surface area contributed by atoms with Crippen LogP contribution < -0.4 is 19.1 Å². The zero-order valence-corrected chi connectivity index (χ0v) is 15.6. The topological polar surface area (TPSA) is 80.8 Å². The molecular weight excluding hydrogens is 342 g/mol. The normalized spacial score (nSPS) is 11.0. The first-order valence-electron chi connectivity index (χ1n) is 7.91. The molecule has 2 rings (SSSR count). The van der Waals surface area contributed by atoms with Crippen LogP contribution in [0.25, 0.3) is 0 Å².